The molecule has 0 radical (unpaired) electrons. The molecule has 0 saturated carbocycles. The molecule has 0 unspecified atom stereocenters. The van der Waals surface area contributed by atoms with E-state index in [2.05, 4.69) is 15.3 Å². The molecule has 136 valence electrons. The fourth-order valence-corrected chi connectivity index (χ4v) is 3.14. The van der Waals surface area contributed by atoms with E-state index >= 15 is 0 Å². The molecule has 0 aliphatic heterocycles. The Hall–Kier alpha value is -3.68. The van der Waals surface area contributed by atoms with Crippen molar-refractivity contribution in [3.8, 4) is 5.69 Å². The van der Waals surface area contributed by atoms with Crippen LogP contribution in [0.15, 0.2) is 49.1 Å². The summed E-state index contributed by atoms with van der Waals surface area (Å²) in [5.74, 6) is -1.25. The van der Waals surface area contributed by atoms with Crippen molar-refractivity contribution in [3.05, 3.63) is 54.6 Å². The standard InChI is InChI=1S/C19H17N5O3/c1-23-11-16(24-9-5-14-18(24)21-8-7-20-14)13-10-12(2-3-15(13)23)19(27)22-6-4-17(25)26/h2-3,5,7-11H,4,6H2,1H3,(H,22,27)(H,25,26). The van der Waals surface area contributed by atoms with Crippen LogP contribution in [-0.2, 0) is 11.8 Å². The molecule has 2 N–H and O–H groups in total. The highest BCUT2D eigenvalue weighted by atomic mass is 16.4. The Labute approximate surface area is 154 Å². The maximum absolute atomic E-state index is 12.3. The summed E-state index contributed by atoms with van der Waals surface area (Å²) in [5, 5.41) is 12.2. The third-order valence-corrected chi connectivity index (χ3v) is 4.43. The van der Waals surface area contributed by atoms with E-state index in [1.54, 1.807) is 18.5 Å². The van der Waals surface area contributed by atoms with Crippen molar-refractivity contribution in [2.45, 2.75) is 6.42 Å². The van der Waals surface area contributed by atoms with E-state index in [0.29, 0.717) is 5.56 Å². The zero-order valence-corrected chi connectivity index (χ0v) is 14.6. The number of rotatable bonds is 5. The van der Waals surface area contributed by atoms with Gasteiger partial charge in [0.05, 0.1) is 12.1 Å². The summed E-state index contributed by atoms with van der Waals surface area (Å²) in [5.41, 5.74) is 3.86. The first-order valence-electron chi connectivity index (χ1n) is 8.42. The first-order chi connectivity index (χ1) is 13.0. The number of amides is 1. The lowest BCUT2D eigenvalue weighted by Crippen LogP contribution is -2.25. The number of hydrogen-bond acceptors (Lipinski definition) is 4. The zero-order chi connectivity index (χ0) is 19.0. The van der Waals surface area contributed by atoms with Gasteiger partial charge in [-0.05, 0) is 24.3 Å². The number of aromatic nitrogens is 4. The molecule has 8 heteroatoms. The minimum Gasteiger partial charge on any atom is -0.481 e. The van der Waals surface area contributed by atoms with Gasteiger partial charge in [0.25, 0.3) is 5.91 Å². The molecule has 1 aromatic carbocycles. The lowest BCUT2D eigenvalue weighted by atomic mass is 10.1. The Morgan fingerprint density at radius 3 is 2.81 bits per heavy atom. The molecule has 8 nitrogen and oxygen atoms in total. The fourth-order valence-electron chi connectivity index (χ4n) is 3.14. The fraction of sp³-hybridized carbons (Fsp3) is 0.158. The maximum Gasteiger partial charge on any atom is 0.305 e. The molecule has 4 aromatic rings. The predicted octanol–water partition coefficient (Wildman–Crippen LogP) is 2.12. The van der Waals surface area contributed by atoms with Crippen molar-refractivity contribution in [1.29, 1.82) is 0 Å². The van der Waals surface area contributed by atoms with Gasteiger partial charge in [0.1, 0.15) is 5.52 Å². The van der Waals surface area contributed by atoms with Crippen molar-refractivity contribution in [1.82, 2.24) is 24.4 Å². The normalized spacial score (nSPS) is 11.1. The topological polar surface area (TPSA) is 102 Å². The number of carbonyl (C=O) groups is 2. The Bertz CT molecular complexity index is 1170. The van der Waals surface area contributed by atoms with Gasteiger partial charge >= 0.3 is 5.97 Å². The molecule has 0 saturated heterocycles. The van der Waals surface area contributed by atoms with Gasteiger partial charge in [0, 0.05) is 54.8 Å². The number of hydrogen-bond donors (Lipinski definition) is 2. The van der Waals surface area contributed by atoms with Crippen LogP contribution in [0.2, 0.25) is 0 Å². The van der Waals surface area contributed by atoms with E-state index in [-0.39, 0.29) is 18.9 Å². The van der Waals surface area contributed by atoms with Gasteiger partial charge in [0.2, 0.25) is 0 Å². The van der Waals surface area contributed by atoms with Crippen molar-refractivity contribution in [2.75, 3.05) is 6.54 Å². The molecule has 0 spiro atoms. The zero-order valence-electron chi connectivity index (χ0n) is 14.6. The van der Waals surface area contributed by atoms with Crippen molar-refractivity contribution >= 4 is 33.9 Å². The second-order valence-electron chi connectivity index (χ2n) is 6.21. The average Bonchev–Trinajstić information content (AvgIpc) is 3.22. The van der Waals surface area contributed by atoms with Crippen LogP contribution < -0.4 is 5.32 Å². The monoisotopic (exact) mass is 363 g/mol. The third-order valence-electron chi connectivity index (χ3n) is 4.43. The highest BCUT2D eigenvalue weighted by Gasteiger charge is 2.14. The second kappa shape index (κ2) is 6.56. The molecular formula is C19H17N5O3. The number of aliphatic carboxylic acids is 1. The van der Waals surface area contributed by atoms with Gasteiger partial charge in [-0.3, -0.25) is 19.1 Å². The third kappa shape index (κ3) is 3.01. The van der Waals surface area contributed by atoms with Gasteiger partial charge < -0.3 is 15.0 Å². The summed E-state index contributed by atoms with van der Waals surface area (Å²) in [4.78, 5) is 31.7. The number of fused-ring (bicyclic) bond motifs is 2. The van der Waals surface area contributed by atoms with Gasteiger partial charge in [-0.15, -0.1) is 0 Å². The number of carbonyl (C=O) groups excluding carboxylic acids is 1. The SMILES string of the molecule is Cn1cc(-n2ccc3nccnc32)c2cc(C(=O)NCCC(=O)O)ccc21. The molecule has 3 aromatic heterocycles. The summed E-state index contributed by atoms with van der Waals surface area (Å²) in [6.07, 6.45) is 7.06. The number of nitrogens with one attached hydrogen (secondary N) is 1. The number of nitrogens with zero attached hydrogens (tertiary/aromatic N) is 4. The van der Waals surface area contributed by atoms with E-state index < -0.39 is 5.97 Å². The number of carboxylic acid groups (broad SMARTS) is 1. The Kier molecular flexibility index (Phi) is 4.08. The first-order valence-corrected chi connectivity index (χ1v) is 8.42. The van der Waals surface area contributed by atoms with Crippen LogP contribution >= 0.6 is 0 Å². The van der Waals surface area contributed by atoms with E-state index in [9.17, 15) is 9.59 Å². The smallest absolute Gasteiger partial charge is 0.305 e. The molecule has 0 atom stereocenters. The highest BCUT2D eigenvalue weighted by Crippen LogP contribution is 2.27. The molecule has 1 amide bonds. The van der Waals surface area contributed by atoms with Crippen LogP contribution in [0.4, 0.5) is 0 Å². The molecule has 27 heavy (non-hydrogen) atoms. The molecule has 0 fully saturated rings. The Morgan fingerprint density at radius 1 is 1.19 bits per heavy atom. The summed E-state index contributed by atoms with van der Waals surface area (Å²) in [7, 11) is 1.94. The summed E-state index contributed by atoms with van der Waals surface area (Å²) >= 11 is 0. The predicted molar refractivity (Wildman–Crippen MR) is 99.9 cm³/mol. The van der Waals surface area contributed by atoms with Crippen LogP contribution in [0.1, 0.15) is 16.8 Å². The largest absolute Gasteiger partial charge is 0.481 e. The van der Waals surface area contributed by atoms with Crippen LogP contribution in [0.25, 0.3) is 27.8 Å². The molecule has 4 rings (SSSR count). The van der Waals surface area contributed by atoms with Crippen LogP contribution in [0, 0.1) is 0 Å². The quantitative estimate of drug-likeness (QED) is 0.565. The first kappa shape index (κ1) is 16.8. The lowest BCUT2D eigenvalue weighted by molar-refractivity contribution is -0.136. The van der Waals surface area contributed by atoms with E-state index in [0.717, 1.165) is 27.8 Å². The van der Waals surface area contributed by atoms with Gasteiger partial charge in [-0.2, -0.15) is 0 Å². The molecule has 3 heterocycles. The Balaban J connectivity index is 1.76. The summed E-state index contributed by atoms with van der Waals surface area (Å²) < 4.78 is 3.93. The Morgan fingerprint density at radius 2 is 2.00 bits per heavy atom. The van der Waals surface area contributed by atoms with Crippen molar-refractivity contribution < 1.29 is 14.7 Å². The summed E-state index contributed by atoms with van der Waals surface area (Å²) in [6, 6.07) is 7.31. The highest BCUT2D eigenvalue weighted by molar-refractivity contribution is 6.00. The maximum atomic E-state index is 12.3. The number of carboxylic acids is 1. The summed E-state index contributed by atoms with van der Waals surface area (Å²) in [6.45, 7) is 0.0890. The second-order valence-corrected chi connectivity index (χ2v) is 6.21. The van der Waals surface area contributed by atoms with E-state index in [1.165, 1.54) is 0 Å². The van der Waals surface area contributed by atoms with Crippen LogP contribution in [0.5, 0.6) is 0 Å². The average molecular weight is 363 g/mol. The van der Waals surface area contributed by atoms with Crippen LogP contribution in [0.3, 0.4) is 0 Å². The minimum absolute atomic E-state index is 0.0890. The molecule has 0 aliphatic rings. The van der Waals surface area contributed by atoms with Crippen LogP contribution in [-0.4, -0.2) is 42.6 Å². The van der Waals surface area contributed by atoms with Crippen molar-refractivity contribution in [3.63, 3.8) is 0 Å². The van der Waals surface area contributed by atoms with E-state index in [1.807, 2.05) is 46.8 Å². The molecular weight excluding hydrogens is 346 g/mol. The van der Waals surface area contributed by atoms with Gasteiger partial charge in [-0.25, -0.2) is 4.98 Å². The molecule has 0 bridgehead atoms. The minimum atomic E-state index is -0.948. The van der Waals surface area contributed by atoms with Crippen molar-refractivity contribution in [2.24, 2.45) is 7.05 Å². The van der Waals surface area contributed by atoms with Gasteiger partial charge in [0.15, 0.2) is 5.65 Å². The number of benzene rings is 1. The van der Waals surface area contributed by atoms with E-state index in [4.69, 9.17) is 5.11 Å². The lowest BCUT2D eigenvalue weighted by Gasteiger charge is -2.06. The molecule has 0 aliphatic carbocycles. The van der Waals surface area contributed by atoms with Gasteiger partial charge in [-0.1, -0.05) is 0 Å². The number of aryl methyl sites for hydroxylation is 1.